The number of benzene rings is 1. The van der Waals surface area contributed by atoms with Crippen LogP contribution in [0.25, 0.3) is 11.0 Å². The van der Waals surface area contributed by atoms with Gasteiger partial charge in [-0.3, -0.25) is 0 Å². The first kappa shape index (κ1) is 18.4. The molecule has 0 saturated carbocycles. The molecular weight excluding hydrogens is 319 g/mol. The molecule has 0 spiro atoms. The summed E-state index contributed by atoms with van der Waals surface area (Å²) in [7, 11) is 0. The molecule has 6 heteroatoms. The highest BCUT2D eigenvalue weighted by Crippen LogP contribution is 2.29. The van der Waals surface area contributed by atoms with Gasteiger partial charge in [0.1, 0.15) is 12.0 Å². The molecule has 0 radical (unpaired) electrons. The fourth-order valence-corrected chi connectivity index (χ4v) is 2.67. The van der Waals surface area contributed by atoms with Crippen LogP contribution >= 0.6 is 24.8 Å². The van der Waals surface area contributed by atoms with E-state index < -0.39 is 0 Å². The van der Waals surface area contributed by atoms with Crippen molar-refractivity contribution in [1.29, 1.82) is 0 Å². The molecule has 0 aliphatic carbocycles. The maximum Gasteiger partial charge on any atom is 0.143 e. The molecule has 0 saturated heterocycles. The van der Waals surface area contributed by atoms with Crippen molar-refractivity contribution < 1.29 is 0 Å². The van der Waals surface area contributed by atoms with Crippen LogP contribution in [0.5, 0.6) is 0 Å². The SMILES string of the molecule is CC(CN)C(c1ccccc1)n1ccc2cncnc21.Cl.Cl. The first-order chi connectivity index (χ1) is 9.81. The standard InChI is InChI=1S/C16H18N4.2ClH/c1-12(9-17)15(13-5-3-2-4-6-13)20-8-7-14-10-18-11-19-16(14)20;;/h2-8,10-12,15H,9,17H2,1H3;2*1H. The van der Waals surface area contributed by atoms with E-state index in [9.17, 15) is 0 Å². The quantitative estimate of drug-likeness (QED) is 0.792. The lowest BCUT2D eigenvalue weighted by Crippen LogP contribution is -2.24. The fraction of sp³-hybridized carbons (Fsp3) is 0.250. The van der Waals surface area contributed by atoms with Crippen LogP contribution in [-0.2, 0) is 0 Å². The Morgan fingerprint density at radius 2 is 1.86 bits per heavy atom. The van der Waals surface area contributed by atoms with Gasteiger partial charge in [0, 0.05) is 17.8 Å². The van der Waals surface area contributed by atoms with Crippen molar-refractivity contribution in [2.45, 2.75) is 13.0 Å². The van der Waals surface area contributed by atoms with Crippen molar-refractivity contribution >= 4 is 35.8 Å². The second kappa shape index (κ2) is 8.13. The van der Waals surface area contributed by atoms with Crippen LogP contribution in [0.3, 0.4) is 0 Å². The van der Waals surface area contributed by atoms with Crippen molar-refractivity contribution in [3.63, 3.8) is 0 Å². The van der Waals surface area contributed by atoms with Crippen molar-refractivity contribution in [1.82, 2.24) is 14.5 Å². The summed E-state index contributed by atoms with van der Waals surface area (Å²) in [4.78, 5) is 8.49. The third-order valence-corrected chi connectivity index (χ3v) is 3.73. The molecule has 1 aromatic carbocycles. The summed E-state index contributed by atoms with van der Waals surface area (Å²) < 4.78 is 2.20. The summed E-state index contributed by atoms with van der Waals surface area (Å²) in [5.74, 6) is 0.322. The van der Waals surface area contributed by atoms with E-state index in [0.29, 0.717) is 12.5 Å². The molecular formula is C16H20Cl2N4. The van der Waals surface area contributed by atoms with Crippen molar-refractivity contribution in [2.75, 3.05) is 6.54 Å². The molecule has 22 heavy (non-hydrogen) atoms. The van der Waals surface area contributed by atoms with Crippen LogP contribution in [0.1, 0.15) is 18.5 Å². The molecule has 0 aliphatic rings. The number of hydrogen-bond acceptors (Lipinski definition) is 3. The number of aromatic nitrogens is 3. The maximum atomic E-state index is 5.91. The Balaban J connectivity index is 0.00000121. The van der Waals surface area contributed by atoms with Crippen LogP contribution in [0, 0.1) is 5.92 Å². The van der Waals surface area contributed by atoms with Gasteiger partial charge in [-0.05, 0) is 24.1 Å². The number of fused-ring (bicyclic) bond motifs is 1. The predicted octanol–water partition coefficient (Wildman–Crippen LogP) is 3.46. The molecule has 3 rings (SSSR count). The van der Waals surface area contributed by atoms with Crippen LogP contribution in [0.4, 0.5) is 0 Å². The number of nitrogens with zero attached hydrogens (tertiary/aromatic N) is 3. The third-order valence-electron chi connectivity index (χ3n) is 3.73. The molecule has 0 amide bonds. The summed E-state index contributed by atoms with van der Waals surface area (Å²) in [6.45, 7) is 2.80. The van der Waals surface area contributed by atoms with Crippen LogP contribution in [0.15, 0.2) is 55.1 Å². The molecule has 2 atom stereocenters. The lowest BCUT2D eigenvalue weighted by atomic mass is 9.94. The molecule has 0 aliphatic heterocycles. The number of halogens is 2. The zero-order valence-electron chi connectivity index (χ0n) is 12.3. The van der Waals surface area contributed by atoms with Gasteiger partial charge in [-0.1, -0.05) is 37.3 Å². The van der Waals surface area contributed by atoms with E-state index in [4.69, 9.17) is 5.73 Å². The molecule has 3 aromatic rings. The highest BCUT2D eigenvalue weighted by molar-refractivity contribution is 5.85. The Hall–Kier alpha value is -1.62. The zero-order chi connectivity index (χ0) is 13.9. The van der Waals surface area contributed by atoms with E-state index in [0.717, 1.165) is 11.0 Å². The number of hydrogen-bond donors (Lipinski definition) is 1. The number of nitrogens with two attached hydrogens (primary N) is 1. The highest BCUT2D eigenvalue weighted by atomic mass is 35.5. The van der Waals surface area contributed by atoms with E-state index in [1.54, 1.807) is 6.33 Å². The Labute approximate surface area is 142 Å². The fourth-order valence-electron chi connectivity index (χ4n) is 2.67. The van der Waals surface area contributed by atoms with E-state index in [1.807, 2.05) is 12.3 Å². The molecule has 2 aromatic heterocycles. The molecule has 0 bridgehead atoms. The first-order valence-corrected chi connectivity index (χ1v) is 6.83. The Bertz CT molecular complexity index is 699. The average Bonchev–Trinajstić information content (AvgIpc) is 2.92. The maximum absolute atomic E-state index is 5.91. The minimum Gasteiger partial charge on any atom is -0.330 e. The smallest absolute Gasteiger partial charge is 0.143 e. The minimum atomic E-state index is 0. The van der Waals surface area contributed by atoms with Gasteiger partial charge in [0.25, 0.3) is 0 Å². The van der Waals surface area contributed by atoms with Crippen molar-refractivity contribution in [3.8, 4) is 0 Å². The summed E-state index contributed by atoms with van der Waals surface area (Å²) in [6.07, 6.45) is 5.51. The van der Waals surface area contributed by atoms with Gasteiger partial charge < -0.3 is 10.3 Å². The summed E-state index contributed by atoms with van der Waals surface area (Å²) in [6, 6.07) is 12.7. The van der Waals surface area contributed by atoms with Crippen molar-refractivity contribution in [2.24, 2.45) is 11.7 Å². The zero-order valence-corrected chi connectivity index (χ0v) is 13.9. The molecule has 0 fully saturated rings. The molecule has 4 nitrogen and oxygen atoms in total. The van der Waals surface area contributed by atoms with Gasteiger partial charge in [0.05, 0.1) is 6.04 Å². The Morgan fingerprint density at radius 1 is 1.14 bits per heavy atom. The monoisotopic (exact) mass is 338 g/mol. The van der Waals surface area contributed by atoms with E-state index in [-0.39, 0.29) is 30.9 Å². The molecule has 2 heterocycles. The predicted molar refractivity (Wildman–Crippen MR) is 94.8 cm³/mol. The Morgan fingerprint density at radius 3 is 2.55 bits per heavy atom. The summed E-state index contributed by atoms with van der Waals surface area (Å²) in [5.41, 5.74) is 8.12. The second-order valence-corrected chi connectivity index (χ2v) is 5.09. The van der Waals surface area contributed by atoms with Crippen LogP contribution in [0.2, 0.25) is 0 Å². The lowest BCUT2D eigenvalue weighted by molar-refractivity contribution is 0.422. The lowest BCUT2D eigenvalue weighted by Gasteiger charge is -2.25. The largest absolute Gasteiger partial charge is 0.330 e. The van der Waals surface area contributed by atoms with Gasteiger partial charge in [0.2, 0.25) is 0 Å². The second-order valence-electron chi connectivity index (χ2n) is 5.09. The van der Waals surface area contributed by atoms with Crippen molar-refractivity contribution in [3.05, 3.63) is 60.7 Å². The minimum absolute atomic E-state index is 0. The molecule has 118 valence electrons. The Kier molecular flexibility index (Phi) is 6.81. The van der Waals surface area contributed by atoms with Crippen LogP contribution < -0.4 is 5.73 Å². The number of rotatable bonds is 4. The van der Waals surface area contributed by atoms with E-state index in [2.05, 4.69) is 58.0 Å². The third kappa shape index (κ3) is 3.40. The topological polar surface area (TPSA) is 56.7 Å². The van der Waals surface area contributed by atoms with Gasteiger partial charge in [-0.2, -0.15) is 0 Å². The normalized spacial score (nSPS) is 13.0. The first-order valence-electron chi connectivity index (χ1n) is 6.83. The molecule has 2 N–H and O–H groups in total. The van der Waals surface area contributed by atoms with Gasteiger partial charge in [-0.15, -0.1) is 24.8 Å². The van der Waals surface area contributed by atoms with Gasteiger partial charge in [0.15, 0.2) is 0 Å². The average molecular weight is 339 g/mol. The highest BCUT2D eigenvalue weighted by Gasteiger charge is 2.21. The van der Waals surface area contributed by atoms with Gasteiger partial charge >= 0.3 is 0 Å². The van der Waals surface area contributed by atoms with E-state index >= 15 is 0 Å². The van der Waals surface area contributed by atoms with Crippen LogP contribution in [-0.4, -0.2) is 21.1 Å². The molecule has 2 unspecified atom stereocenters. The summed E-state index contributed by atoms with van der Waals surface area (Å²) >= 11 is 0. The van der Waals surface area contributed by atoms with Gasteiger partial charge in [-0.25, -0.2) is 9.97 Å². The summed E-state index contributed by atoms with van der Waals surface area (Å²) in [5, 5.41) is 1.05. The van der Waals surface area contributed by atoms with E-state index in [1.165, 1.54) is 5.56 Å².